The zero-order valence-electron chi connectivity index (χ0n) is 11.4. The molecule has 4 heterocycles. The van der Waals surface area contributed by atoms with Crippen LogP contribution in [0.1, 0.15) is 17.5 Å². The van der Waals surface area contributed by atoms with E-state index in [1.807, 2.05) is 16.7 Å². The number of fused-ring (bicyclic) bond motifs is 1. The molecule has 0 aliphatic rings. The highest BCUT2D eigenvalue weighted by Crippen LogP contribution is 2.25. The van der Waals surface area contributed by atoms with Crippen LogP contribution >= 0.6 is 15.9 Å². The van der Waals surface area contributed by atoms with E-state index in [1.54, 1.807) is 6.20 Å². The molecule has 4 aromatic rings. The van der Waals surface area contributed by atoms with Crippen molar-refractivity contribution in [2.45, 2.75) is 12.5 Å². The number of halogens is 1. The smallest absolute Gasteiger partial charge is 0.199 e. The number of hydrogen-bond donors (Lipinski definition) is 3. The molecule has 11 nitrogen and oxygen atoms in total. The largest absolute Gasteiger partial charge is 0.385 e. The third-order valence-corrected chi connectivity index (χ3v) is 4.04. The second-order valence-corrected chi connectivity index (χ2v) is 5.65. The summed E-state index contributed by atoms with van der Waals surface area (Å²) in [7, 11) is 0. The summed E-state index contributed by atoms with van der Waals surface area (Å²) in [6.07, 6.45) is 3.17. The van der Waals surface area contributed by atoms with E-state index in [1.165, 1.54) is 0 Å². The summed E-state index contributed by atoms with van der Waals surface area (Å²) in [5.41, 5.74) is 2.22. The molecular weight excluding hydrogens is 368 g/mol. The Bertz CT molecular complexity index is 931. The first-order valence-electron chi connectivity index (χ1n) is 6.53. The van der Waals surface area contributed by atoms with Crippen molar-refractivity contribution in [3.8, 4) is 11.5 Å². The first-order chi connectivity index (χ1) is 11.2. The number of pyridine rings is 1. The molecular formula is C11H9BrN10O. The van der Waals surface area contributed by atoms with Crippen LogP contribution in [0.5, 0.6) is 0 Å². The molecule has 0 aliphatic carbocycles. The van der Waals surface area contributed by atoms with E-state index in [2.05, 4.69) is 62.2 Å². The maximum absolute atomic E-state index is 10.2. The predicted molar refractivity (Wildman–Crippen MR) is 78.9 cm³/mol. The van der Waals surface area contributed by atoms with Gasteiger partial charge in [-0.05, 0) is 32.5 Å². The van der Waals surface area contributed by atoms with Gasteiger partial charge in [-0.3, -0.25) is 0 Å². The van der Waals surface area contributed by atoms with Crippen LogP contribution in [0.25, 0.3) is 17.2 Å². The van der Waals surface area contributed by atoms with E-state index >= 15 is 0 Å². The van der Waals surface area contributed by atoms with Gasteiger partial charge in [0.2, 0.25) is 0 Å². The maximum atomic E-state index is 10.2. The summed E-state index contributed by atoms with van der Waals surface area (Å²) < 4.78 is 2.66. The van der Waals surface area contributed by atoms with Crippen molar-refractivity contribution in [2.24, 2.45) is 0 Å². The quantitative estimate of drug-likeness (QED) is 0.453. The lowest BCUT2D eigenvalue weighted by Crippen LogP contribution is -2.05. The summed E-state index contributed by atoms with van der Waals surface area (Å²) >= 11 is 3.49. The van der Waals surface area contributed by atoms with E-state index < -0.39 is 6.10 Å². The lowest BCUT2D eigenvalue weighted by atomic mass is 10.1. The number of imidazole rings is 1. The Hall–Kier alpha value is -2.73. The molecule has 0 fully saturated rings. The molecule has 23 heavy (non-hydrogen) atoms. The van der Waals surface area contributed by atoms with Gasteiger partial charge in [-0.15, -0.1) is 10.2 Å². The molecule has 116 valence electrons. The highest BCUT2D eigenvalue weighted by molar-refractivity contribution is 9.10. The van der Waals surface area contributed by atoms with Crippen LogP contribution in [0.15, 0.2) is 22.9 Å². The van der Waals surface area contributed by atoms with Crippen molar-refractivity contribution in [1.29, 1.82) is 0 Å². The van der Waals surface area contributed by atoms with Gasteiger partial charge in [0.1, 0.15) is 17.4 Å². The van der Waals surface area contributed by atoms with Crippen molar-refractivity contribution >= 4 is 21.6 Å². The first-order valence-corrected chi connectivity index (χ1v) is 7.33. The van der Waals surface area contributed by atoms with Crippen molar-refractivity contribution in [3.05, 3.63) is 34.3 Å². The minimum Gasteiger partial charge on any atom is -0.385 e. The molecule has 0 radical (unpaired) electrons. The molecule has 0 aromatic carbocycles. The zero-order chi connectivity index (χ0) is 15.8. The fourth-order valence-corrected chi connectivity index (χ4v) is 2.67. The summed E-state index contributed by atoms with van der Waals surface area (Å²) in [4.78, 5) is 4.44. The number of hydrogen-bond acceptors (Lipinski definition) is 8. The highest BCUT2D eigenvalue weighted by atomic mass is 79.9. The lowest BCUT2D eigenvalue weighted by Gasteiger charge is -2.09. The van der Waals surface area contributed by atoms with Gasteiger partial charge in [-0.1, -0.05) is 15.9 Å². The molecule has 0 spiro atoms. The number of aromatic amines is 2. The Morgan fingerprint density at radius 2 is 2.00 bits per heavy atom. The molecule has 0 saturated heterocycles. The van der Waals surface area contributed by atoms with Crippen LogP contribution in [0.2, 0.25) is 0 Å². The number of H-pyrrole nitrogens is 2. The number of aliphatic hydroxyl groups excluding tert-OH is 1. The number of tetrazole rings is 2. The molecule has 1 atom stereocenters. The number of nitrogens with one attached hydrogen (secondary N) is 2. The molecule has 12 heteroatoms. The van der Waals surface area contributed by atoms with Gasteiger partial charge >= 0.3 is 0 Å². The number of nitrogens with zero attached hydrogens (tertiary/aromatic N) is 8. The Morgan fingerprint density at radius 3 is 2.74 bits per heavy atom. The number of aromatic nitrogens is 10. The SMILES string of the molecule is OC(Cc1cn2cc(-c3nnn[nH]3)nc2cc1Br)c1nnn[nH]1. The van der Waals surface area contributed by atoms with E-state index in [9.17, 15) is 5.11 Å². The van der Waals surface area contributed by atoms with Gasteiger partial charge in [0, 0.05) is 23.3 Å². The van der Waals surface area contributed by atoms with Crippen LogP contribution in [0, 0.1) is 0 Å². The van der Waals surface area contributed by atoms with E-state index in [0.29, 0.717) is 23.8 Å². The van der Waals surface area contributed by atoms with Gasteiger partial charge in [0.15, 0.2) is 11.6 Å². The van der Waals surface area contributed by atoms with E-state index in [-0.39, 0.29) is 0 Å². The molecule has 4 aromatic heterocycles. The van der Waals surface area contributed by atoms with E-state index in [0.717, 1.165) is 15.7 Å². The highest BCUT2D eigenvalue weighted by Gasteiger charge is 2.16. The van der Waals surface area contributed by atoms with Crippen LogP contribution in [-0.4, -0.2) is 55.7 Å². The third-order valence-electron chi connectivity index (χ3n) is 3.30. The Morgan fingerprint density at radius 1 is 1.17 bits per heavy atom. The van der Waals surface area contributed by atoms with Gasteiger partial charge in [0.05, 0.1) is 0 Å². The summed E-state index contributed by atoms with van der Waals surface area (Å²) in [6, 6.07) is 1.86. The van der Waals surface area contributed by atoms with Crippen molar-refractivity contribution in [1.82, 2.24) is 50.6 Å². The average molecular weight is 377 g/mol. The zero-order valence-corrected chi connectivity index (χ0v) is 13.0. The molecule has 0 saturated carbocycles. The molecule has 0 amide bonds. The Labute approximate surface area is 136 Å². The van der Waals surface area contributed by atoms with Crippen molar-refractivity contribution < 1.29 is 5.11 Å². The van der Waals surface area contributed by atoms with Crippen molar-refractivity contribution in [3.63, 3.8) is 0 Å². The minimum absolute atomic E-state index is 0.316. The van der Waals surface area contributed by atoms with E-state index in [4.69, 9.17) is 0 Å². The lowest BCUT2D eigenvalue weighted by molar-refractivity contribution is 0.168. The second kappa shape index (κ2) is 5.48. The monoisotopic (exact) mass is 376 g/mol. The van der Waals surface area contributed by atoms with Gasteiger partial charge in [-0.2, -0.15) is 0 Å². The fraction of sp³-hybridized carbons (Fsp3) is 0.182. The molecule has 0 aliphatic heterocycles. The van der Waals surface area contributed by atoms with Gasteiger partial charge in [0.25, 0.3) is 0 Å². The van der Waals surface area contributed by atoms with Crippen LogP contribution in [0.3, 0.4) is 0 Å². The van der Waals surface area contributed by atoms with Crippen molar-refractivity contribution in [2.75, 3.05) is 0 Å². The fourth-order valence-electron chi connectivity index (χ4n) is 2.20. The Balaban J connectivity index is 1.69. The standard InChI is InChI=1S/C11H9BrN10O/c12-6-2-9-13-7(10-14-18-19-15-10)4-22(9)3-5(6)1-8(23)11-16-20-21-17-11/h2-4,8,23H,1H2,(H,14,15,18,19)(H,16,17,20,21). The van der Waals surface area contributed by atoms with Crippen LogP contribution in [0.4, 0.5) is 0 Å². The van der Waals surface area contributed by atoms with Crippen LogP contribution < -0.4 is 0 Å². The maximum Gasteiger partial charge on any atom is 0.199 e. The Kier molecular flexibility index (Phi) is 3.31. The minimum atomic E-state index is -0.833. The molecule has 1 unspecified atom stereocenters. The topological polar surface area (TPSA) is 146 Å². The van der Waals surface area contributed by atoms with Gasteiger partial charge < -0.3 is 9.51 Å². The molecule has 3 N–H and O–H groups in total. The van der Waals surface area contributed by atoms with Crippen LogP contribution in [-0.2, 0) is 6.42 Å². The summed E-state index contributed by atoms with van der Waals surface area (Å²) in [5, 5.41) is 36.9. The summed E-state index contributed by atoms with van der Waals surface area (Å²) in [6.45, 7) is 0. The first kappa shape index (κ1) is 13.9. The van der Waals surface area contributed by atoms with Gasteiger partial charge in [-0.25, -0.2) is 15.2 Å². The number of rotatable bonds is 4. The normalized spacial score (nSPS) is 12.8. The second-order valence-electron chi connectivity index (χ2n) is 4.79. The summed E-state index contributed by atoms with van der Waals surface area (Å²) in [5.74, 6) is 0.801. The molecule has 0 bridgehead atoms. The average Bonchev–Trinajstić information content (AvgIpc) is 3.28. The number of aliphatic hydroxyl groups is 1. The third kappa shape index (κ3) is 2.57. The molecule has 4 rings (SSSR count). The predicted octanol–water partition coefficient (Wildman–Crippen LogP) is 0.0661.